The molecule has 1 aromatic carbocycles. The minimum Gasteiger partial charge on any atom is -0.469 e. The molecule has 4 heteroatoms. The summed E-state index contributed by atoms with van der Waals surface area (Å²) < 4.78 is 5.17. The van der Waals surface area contributed by atoms with Crippen molar-refractivity contribution in [2.45, 2.75) is 19.4 Å². The van der Waals surface area contributed by atoms with Crippen molar-refractivity contribution >= 4 is 17.5 Å². The van der Waals surface area contributed by atoms with E-state index in [-0.39, 0.29) is 5.91 Å². The molecule has 0 aliphatic rings. The summed E-state index contributed by atoms with van der Waals surface area (Å²) in [5.74, 6) is 0.845. The van der Waals surface area contributed by atoms with Crippen molar-refractivity contribution < 1.29 is 9.21 Å². The Hall–Kier alpha value is -1.74. The molecule has 0 saturated carbocycles. The van der Waals surface area contributed by atoms with Crippen molar-refractivity contribution in [3.63, 3.8) is 0 Å². The summed E-state index contributed by atoms with van der Waals surface area (Å²) in [5.41, 5.74) is 1.03. The molecule has 0 spiro atoms. The van der Waals surface area contributed by atoms with Crippen LogP contribution in [0.3, 0.4) is 0 Å². The van der Waals surface area contributed by atoms with Gasteiger partial charge in [-0.15, -0.1) is 0 Å². The van der Waals surface area contributed by atoms with E-state index in [1.165, 1.54) is 0 Å². The predicted octanol–water partition coefficient (Wildman–Crippen LogP) is 3.18. The molecule has 0 unspecified atom stereocenters. The van der Waals surface area contributed by atoms with Crippen LogP contribution in [0.5, 0.6) is 0 Å². The van der Waals surface area contributed by atoms with Crippen LogP contribution in [0.4, 0.5) is 0 Å². The van der Waals surface area contributed by atoms with Crippen molar-refractivity contribution in [3.8, 4) is 0 Å². The molecule has 0 radical (unpaired) electrons. The van der Waals surface area contributed by atoms with Crippen LogP contribution in [0.1, 0.15) is 17.7 Å². The van der Waals surface area contributed by atoms with Crippen molar-refractivity contribution in [1.29, 1.82) is 0 Å². The highest BCUT2D eigenvalue weighted by Gasteiger charge is 2.03. The Morgan fingerprint density at radius 3 is 2.67 bits per heavy atom. The van der Waals surface area contributed by atoms with Gasteiger partial charge in [0.2, 0.25) is 5.91 Å². The van der Waals surface area contributed by atoms with Crippen LogP contribution in [0.2, 0.25) is 5.02 Å². The molecule has 0 bridgehead atoms. The number of nitrogens with one attached hydrogen (secondary N) is 1. The van der Waals surface area contributed by atoms with Gasteiger partial charge in [-0.3, -0.25) is 4.79 Å². The molecule has 0 fully saturated rings. The molecule has 1 N–H and O–H groups in total. The van der Waals surface area contributed by atoms with E-state index < -0.39 is 0 Å². The van der Waals surface area contributed by atoms with Gasteiger partial charge in [0.15, 0.2) is 0 Å². The van der Waals surface area contributed by atoms with Crippen LogP contribution >= 0.6 is 11.6 Å². The monoisotopic (exact) mass is 263 g/mol. The van der Waals surface area contributed by atoms with Crippen molar-refractivity contribution in [1.82, 2.24) is 5.32 Å². The van der Waals surface area contributed by atoms with Gasteiger partial charge >= 0.3 is 0 Å². The molecule has 1 amide bonds. The molecule has 18 heavy (non-hydrogen) atoms. The summed E-state index contributed by atoms with van der Waals surface area (Å²) >= 11 is 5.78. The second kappa shape index (κ2) is 6.26. The zero-order chi connectivity index (χ0) is 12.8. The van der Waals surface area contributed by atoms with Crippen LogP contribution in [-0.2, 0) is 17.8 Å². The third-order valence-electron chi connectivity index (χ3n) is 2.58. The van der Waals surface area contributed by atoms with E-state index in [1.54, 1.807) is 6.26 Å². The second-order valence-corrected chi connectivity index (χ2v) is 4.42. The molecule has 2 rings (SSSR count). The Morgan fingerprint density at radius 2 is 2.00 bits per heavy atom. The summed E-state index contributed by atoms with van der Waals surface area (Å²) in [6.07, 6.45) is 2.67. The van der Waals surface area contributed by atoms with Gasteiger partial charge in [-0.05, 0) is 29.8 Å². The van der Waals surface area contributed by atoms with E-state index in [4.69, 9.17) is 16.0 Å². The Labute approximate surface area is 111 Å². The SMILES string of the molecule is O=C(CCc1ccco1)NCc1ccc(Cl)cc1. The molecular weight excluding hydrogens is 250 g/mol. The number of rotatable bonds is 5. The molecule has 3 nitrogen and oxygen atoms in total. The van der Waals surface area contributed by atoms with Crippen molar-refractivity contribution in [2.24, 2.45) is 0 Å². The zero-order valence-corrected chi connectivity index (χ0v) is 10.6. The molecule has 0 atom stereocenters. The van der Waals surface area contributed by atoms with Gasteiger partial charge < -0.3 is 9.73 Å². The Bertz CT molecular complexity index is 491. The summed E-state index contributed by atoms with van der Waals surface area (Å²) in [4.78, 5) is 11.6. The van der Waals surface area contributed by atoms with Gasteiger partial charge in [-0.2, -0.15) is 0 Å². The van der Waals surface area contributed by atoms with Gasteiger partial charge in [-0.1, -0.05) is 23.7 Å². The quantitative estimate of drug-likeness (QED) is 0.900. The third kappa shape index (κ3) is 3.93. The van der Waals surface area contributed by atoms with Crippen LogP contribution in [0, 0.1) is 0 Å². The molecule has 0 aliphatic carbocycles. The largest absolute Gasteiger partial charge is 0.469 e. The van der Waals surface area contributed by atoms with E-state index in [2.05, 4.69) is 5.32 Å². The van der Waals surface area contributed by atoms with Gasteiger partial charge in [0, 0.05) is 24.4 Å². The first kappa shape index (κ1) is 12.7. The summed E-state index contributed by atoms with van der Waals surface area (Å²) in [6, 6.07) is 11.1. The highest BCUT2D eigenvalue weighted by Crippen LogP contribution is 2.09. The number of furan rings is 1. The topological polar surface area (TPSA) is 42.2 Å². The molecule has 0 aliphatic heterocycles. The minimum absolute atomic E-state index is 0.0151. The fourth-order valence-corrected chi connectivity index (χ4v) is 1.71. The lowest BCUT2D eigenvalue weighted by molar-refractivity contribution is -0.121. The minimum atomic E-state index is 0.0151. The molecule has 2 aromatic rings. The maximum Gasteiger partial charge on any atom is 0.220 e. The molecular formula is C14H14ClNO2. The zero-order valence-electron chi connectivity index (χ0n) is 9.86. The van der Waals surface area contributed by atoms with Crippen LogP contribution < -0.4 is 5.32 Å². The smallest absolute Gasteiger partial charge is 0.220 e. The van der Waals surface area contributed by atoms with E-state index in [1.807, 2.05) is 36.4 Å². The van der Waals surface area contributed by atoms with Gasteiger partial charge in [0.05, 0.1) is 6.26 Å². The first-order valence-electron chi connectivity index (χ1n) is 5.77. The van der Waals surface area contributed by atoms with Crippen molar-refractivity contribution in [3.05, 3.63) is 59.0 Å². The van der Waals surface area contributed by atoms with Crippen LogP contribution in [-0.4, -0.2) is 5.91 Å². The molecule has 1 aromatic heterocycles. The van der Waals surface area contributed by atoms with Gasteiger partial charge in [0.25, 0.3) is 0 Å². The first-order chi connectivity index (χ1) is 8.74. The van der Waals surface area contributed by atoms with E-state index in [0.717, 1.165) is 11.3 Å². The predicted molar refractivity (Wildman–Crippen MR) is 70.3 cm³/mol. The lowest BCUT2D eigenvalue weighted by Crippen LogP contribution is -2.22. The number of aryl methyl sites for hydroxylation is 1. The molecule has 0 saturated heterocycles. The fourth-order valence-electron chi connectivity index (χ4n) is 1.58. The lowest BCUT2D eigenvalue weighted by Gasteiger charge is -2.04. The number of amides is 1. The van der Waals surface area contributed by atoms with Gasteiger partial charge in [-0.25, -0.2) is 0 Å². The number of halogens is 1. The number of benzene rings is 1. The number of carbonyl (C=O) groups is 1. The lowest BCUT2D eigenvalue weighted by atomic mass is 10.2. The highest BCUT2D eigenvalue weighted by atomic mass is 35.5. The van der Waals surface area contributed by atoms with E-state index in [9.17, 15) is 4.79 Å². The van der Waals surface area contributed by atoms with Crippen LogP contribution in [0.25, 0.3) is 0 Å². The Morgan fingerprint density at radius 1 is 1.22 bits per heavy atom. The molecule has 1 heterocycles. The second-order valence-electron chi connectivity index (χ2n) is 3.98. The maximum absolute atomic E-state index is 11.6. The number of hydrogen-bond donors (Lipinski definition) is 1. The number of carbonyl (C=O) groups excluding carboxylic acids is 1. The first-order valence-corrected chi connectivity index (χ1v) is 6.15. The average Bonchev–Trinajstić information content (AvgIpc) is 2.89. The summed E-state index contributed by atoms with van der Waals surface area (Å²) in [7, 11) is 0. The Kier molecular flexibility index (Phi) is 4.42. The van der Waals surface area contributed by atoms with Gasteiger partial charge in [0.1, 0.15) is 5.76 Å². The Balaban J connectivity index is 1.73. The molecule has 94 valence electrons. The van der Waals surface area contributed by atoms with E-state index in [0.29, 0.717) is 24.4 Å². The average molecular weight is 264 g/mol. The standard InChI is InChI=1S/C14H14ClNO2/c15-12-5-3-11(4-6-12)10-16-14(17)8-7-13-2-1-9-18-13/h1-6,9H,7-8,10H2,(H,16,17). The van der Waals surface area contributed by atoms with Crippen molar-refractivity contribution in [2.75, 3.05) is 0 Å². The third-order valence-corrected chi connectivity index (χ3v) is 2.83. The highest BCUT2D eigenvalue weighted by molar-refractivity contribution is 6.30. The normalized spacial score (nSPS) is 10.3. The number of hydrogen-bond acceptors (Lipinski definition) is 2. The fraction of sp³-hybridized carbons (Fsp3) is 0.214. The maximum atomic E-state index is 11.6. The van der Waals surface area contributed by atoms with Crippen LogP contribution in [0.15, 0.2) is 47.1 Å². The summed E-state index contributed by atoms with van der Waals surface area (Å²) in [5, 5.41) is 3.55. The van der Waals surface area contributed by atoms with E-state index >= 15 is 0 Å². The summed E-state index contributed by atoms with van der Waals surface area (Å²) in [6.45, 7) is 0.522.